The fraction of sp³-hybridized carbons (Fsp3) is 0.0833. The smallest absolute Gasteiger partial charge is 0.335 e. The number of carbonyl (C=O) groups is 4. The molecule has 8 heteroatoms. The maximum atomic E-state index is 13.0. The van der Waals surface area contributed by atoms with Crippen molar-refractivity contribution in [3.63, 3.8) is 0 Å². The molecule has 160 valence electrons. The topological polar surface area (TPSA) is 124 Å². The number of anilines is 2. The lowest BCUT2D eigenvalue weighted by Gasteiger charge is -2.17. The number of aromatic carboxylic acids is 1. The van der Waals surface area contributed by atoms with E-state index in [9.17, 15) is 24.3 Å². The highest BCUT2D eigenvalue weighted by molar-refractivity contribution is 6.35. The first-order valence-corrected chi connectivity index (χ1v) is 9.65. The van der Waals surface area contributed by atoms with Gasteiger partial charge in [0.05, 0.1) is 28.1 Å². The molecule has 0 aliphatic carbocycles. The number of carboxylic acids is 1. The third-order valence-electron chi connectivity index (χ3n) is 5.25. The monoisotopic (exact) mass is 430 g/mol. The van der Waals surface area contributed by atoms with Crippen LogP contribution in [0.15, 0.2) is 54.6 Å². The summed E-state index contributed by atoms with van der Waals surface area (Å²) in [5.41, 5.74) is 2.29. The van der Waals surface area contributed by atoms with Crippen molar-refractivity contribution in [2.24, 2.45) is 0 Å². The highest BCUT2D eigenvalue weighted by Gasteiger charge is 2.37. The normalized spacial score (nSPS) is 12.6. The number of nitrogens with zero attached hydrogens (tertiary/aromatic N) is 1. The van der Waals surface area contributed by atoms with Gasteiger partial charge in [-0.2, -0.15) is 0 Å². The van der Waals surface area contributed by atoms with Crippen molar-refractivity contribution in [1.29, 1.82) is 0 Å². The molecule has 32 heavy (non-hydrogen) atoms. The summed E-state index contributed by atoms with van der Waals surface area (Å²) in [6, 6.07) is 13.1. The van der Waals surface area contributed by atoms with Gasteiger partial charge in [0, 0.05) is 5.56 Å². The molecule has 3 N–H and O–H groups in total. The fourth-order valence-corrected chi connectivity index (χ4v) is 3.52. The molecule has 3 aromatic rings. The maximum absolute atomic E-state index is 13.0. The number of phenols is 1. The summed E-state index contributed by atoms with van der Waals surface area (Å²) >= 11 is 0. The number of phenolic OH excluding ortho intramolecular Hbond substituents is 1. The van der Waals surface area contributed by atoms with Crippen LogP contribution >= 0.6 is 0 Å². The lowest BCUT2D eigenvalue weighted by Crippen LogP contribution is -2.30. The minimum absolute atomic E-state index is 0.0767. The molecule has 0 fully saturated rings. The second-order valence-corrected chi connectivity index (χ2v) is 7.49. The average molecular weight is 430 g/mol. The van der Waals surface area contributed by atoms with Crippen LogP contribution in [0.2, 0.25) is 0 Å². The number of amides is 3. The van der Waals surface area contributed by atoms with Crippen molar-refractivity contribution in [3.8, 4) is 5.75 Å². The van der Waals surface area contributed by atoms with Crippen molar-refractivity contribution in [1.82, 2.24) is 0 Å². The number of rotatable bonds is 4. The Bertz CT molecular complexity index is 1330. The number of hydrogen-bond donors (Lipinski definition) is 3. The van der Waals surface area contributed by atoms with Gasteiger partial charge in [0.2, 0.25) is 0 Å². The molecule has 1 aliphatic heterocycles. The van der Waals surface area contributed by atoms with Crippen molar-refractivity contribution < 1.29 is 29.4 Å². The van der Waals surface area contributed by atoms with Crippen molar-refractivity contribution in [2.75, 3.05) is 10.2 Å². The molecular formula is C24H18N2O6. The van der Waals surface area contributed by atoms with Crippen LogP contribution in [-0.2, 0) is 0 Å². The zero-order valence-corrected chi connectivity index (χ0v) is 17.2. The lowest BCUT2D eigenvalue weighted by atomic mass is 10.1. The van der Waals surface area contributed by atoms with Crippen LogP contribution in [0, 0.1) is 13.8 Å². The summed E-state index contributed by atoms with van der Waals surface area (Å²) in [4.78, 5) is 50.9. The predicted octanol–water partition coefficient (Wildman–Crippen LogP) is 3.76. The number of benzene rings is 3. The Morgan fingerprint density at radius 3 is 2.25 bits per heavy atom. The van der Waals surface area contributed by atoms with Gasteiger partial charge in [0.15, 0.2) is 0 Å². The number of imide groups is 1. The van der Waals surface area contributed by atoms with E-state index in [1.54, 1.807) is 13.0 Å². The molecule has 0 saturated heterocycles. The first-order valence-electron chi connectivity index (χ1n) is 9.65. The Morgan fingerprint density at radius 1 is 0.844 bits per heavy atom. The first-order chi connectivity index (χ1) is 15.2. The largest absolute Gasteiger partial charge is 0.506 e. The predicted molar refractivity (Wildman–Crippen MR) is 117 cm³/mol. The third kappa shape index (κ3) is 3.47. The lowest BCUT2D eigenvalue weighted by molar-refractivity contribution is 0.0696. The van der Waals surface area contributed by atoms with Gasteiger partial charge in [-0.25, -0.2) is 9.69 Å². The molecule has 0 unspecified atom stereocenters. The van der Waals surface area contributed by atoms with Gasteiger partial charge < -0.3 is 15.5 Å². The van der Waals surface area contributed by atoms with E-state index in [2.05, 4.69) is 5.32 Å². The van der Waals surface area contributed by atoms with Crippen LogP contribution in [0.5, 0.6) is 5.75 Å². The van der Waals surface area contributed by atoms with Gasteiger partial charge in [0.25, 0.3) is 17.7 Å². The van der Waals surface area contributed by atoms with Gasteiger partial charge in [-0.15, -0.1) is 0 Å². The number of nitrogens with one attached hydrogen (secondary N) is 1. The third-order valence-corrected chi connectivity index (χ3v) is 5.25. The average Bonchev–Trinajstić information content (AvgIpc) is 3.01. The highest BCUT2D eigenvalue weighted by atomic mass is 16.4. The highest BCUT2D eigenvalue weighted by Crippen LogP contribution is 2.32. The quantitative estimate of drug-likeness (QED) is 0.428. The van der Waals surface area contributed by atoms with Gasteiger partial charge in [0.1, 0.15) is 5.75 Å². The van der Waals surface area contributed by atoms with Gasteiger partial charge in [-0.3, -0.25) is 14.4 Å². The van der Waals surface area contributed by atoms with Crippen LogP contribution in [-0.4, -0.2) is 33.9 Å². The Morgan fingerprint density at radius 2 is 1.53 bits per heavy atom. The maximum Gasteiger partial charge on any atom is 0.335 e. The Balaban J connectivity index is 1.66. The Hall–Kier alpha value is -4.46. The van der Waals surface area contributed by atoms with Gasteiger partial charge in [-0.1, -0.05) is 12.1 Å². The van der Waals surface area contributed by atoms with Gasteiger partial charge >= 0.3 is 5.97 Å². The number of aryl methyl sites for hydroxylation is 2. The minimum atomic E-state index is -1.21. The molecule has 0 aromatic heterocycles. The SMILES string of the molecule is Cc1ccc(C)c(N2C(=O)c3ccc(C(=O)Nc4cc(C(=O)O)ccc4O)cc3C2=O)c1. The molecule has 0 saturated carbocycles. The van der Waals surface area contributed by atoms with Crippen molar-refractivity contribution in [2.45, 2.75) is 13.8 Å². The molecule has 0 bridgehead atoms. The van der Waals surface area contributed by atoms with Crippen LogP contribution in [0.4, 0.5) is 11.4 Å². The van der Waals surface area contributed by atoms with Crippen molar-refractivity contribution >= 4 is 35.1 Å². The van der Waals surface area contributed by atoms with E-state index in [0.717, 1.165) is 28.2 Å². The minimum Gasteiger partial charge on any atom is -0.506 e. The van der Waals surface area contributed by atoms with E-state index in [0.29, 0.717) is 5.69 Å². The van der Waals surface area contributed by atoms with Crippen LogP contribution in [0.1, 0.15) is 52.6 Å². The fourth-order valence-electron chi connectivity index (χ4n) is 3.52. The summed E-state index contributed by atoms with van der Waals surface area (Å²) in [6.07, 6.45) is 0. The van der Waals surface area contributed by atoms with Crippen molar-refractivity contribution in [3.05, 3.63) is 88.0 Å². The zero-order chi connectivity index (χ0) is 23.2. The second kappa shape index (κ2) is 7.66. The Kier molecular flexibility index (Phi) is 4.98. The Labute approximate surface area is 182 Å². The zero-order valence-electron chi connectivity index (χ0n) is 17.2. The number of carboxylic acid groups (broad SMARTS) is 1. The van der Waals surface area contributed by atoms with Gasteiger partial charge in [-0.05, 0) is 67.4 Å². The van der Waals surface area contributed by atoms with Crippen LogP contribution in [0.25, 0.3) is 0 Å². The van der Waals surface area contributed by atoms with E-state index in [4.69, 9.17) is 5.11 Å². The summed E-state index contributed by atoms with van der Waals surface area (Å²) in [5, 5.41) is 21.5. The number of carbonyl (C=O) groups excluding carboxylic acids is 3. The van der Waals surface area contributed by atoms with Crippen LogP contribution < -0.4 is 10.2 Å². The summed E-state index contributed by atoms with van der Waals surface area (Å²) in [5.74, 6) is -3.21. The molecular weight excluding hydrogens is 412 g/mol. The molecule has 0 radical (unpaired) electrons. The first kappa shape index (κ1) is 20.8. The molecule has 1 aliphatic rings. The summed E-state index contributed by atoms with van der Waals surface area (Å²) < 4.78 is 0. The summed E-state index contributed by atoms with van der Waals surface area (Å²) in [7, 11) is 0. The summed E-state index contributed by atoms with van der Waals surface area (Å²) in [6.45, 7) is 3.66. The second-order valence-electron chi connectivity index (χ2n) is 7.49. The number of fused-ring (bicyclic) bond motifs is 1. The molecule has 3 aromatic carbocycles. The molecule has 0 spiro atoms. The molecule has 3 amide bonds. The van der Waals surface area contributed by atoms with Crippen LogP contribution in [0.3, 0.4) is 0 Å². The van der Waals surface area contributed by atoms with E-state index in [1.807, 2.05) is 19.1 Å². The standard InChI is InChI=1S/C24H18N2O6/c1-12-3-4-13(2)19(9-12)26-22(29)16-7-5-14(10-17(16)23(26)30)21(28)25-18-11-15(24(31)32)6-8-20(18)27/h3-11,27H,1-2H3,(H,25,28)(H,31,32). The molecule has 1 heterocycles. The van der Waals surface area contributed by atoms with E-state index in [-0.39, 0.29) is 33.7 Å². The van der Waals surface area contributed by atoms with E-state index < -0.39 is 23.7 Å². The van der Waals surface area contributed by atoms with E-state index >= 15 is 0 Å². The van der Waals surface area contributed by atoms with E-state index in [1.165, 1.54) is 24.3 Å². The molecule has 0 atom stereocenters. The number of aromatic hydroxyl groups is 1. The molecule has 8 nitrogen and oxygen atoms in total. The molecule has 4 rings (SSSR count). The number of hydrogen-bond acceptors (Lipinski definition) is 5.